The molecule has 2 N–H and O–H groups in total. The van der Waals surface area contributed by atoms with Crippen LogP contribution in [0.15, 0.2) is 82.4 Å². The minimum atomic E-state index is -0.463. The van der Waals surface area contributed by atoms with Crippen LogP contribution in [-0.2, 0) is 9.59 Å². The Bertz CT molecular complexity index is 1250. The van der Waals surface area contributed by atoms with Crippen molar-refractivity contribution >= 4 is 57.1 Å². The van der Waals surface area contributed by atoms with E-state index in [4.69, 9.17) is 0 Å². The summed E-state index contributed by atoms with van der Waals surface area (Å²) in [6, 6.07) is 21.4. The van der Waals surface area contributed by atoms with Crippen LogP contribution in [0.5, 0.6) is 0 Å². The van der Waals surface area contributed by atoms with Gasteiger partial charge in [0.05, 0.1) is 10.6 Å². The smallest absolute Gasteiger partial charge is 0.244 e. The monoisotopic (exact) mass is 491 g/mol. The maximum atomic E-state index is 13.3. The lowest BCUT2D eigenvalue weighted by molar-refractivity contribution is -0.117. The number of thiazole rings is 1. The van der Waals surface area contributed by atoms with Crippen molar-refractivity contribution in [3.8, 4) is 10.6 Å². The largest absolute Gasteiger partial charge is 0.326 e. The molecule has 5 nitrogen and oxygen atoms in total. The molecule has 33 heavy (non-hydrogen) atoms. The molecule has 5 rings (SSSR count). The molecule has 1 atom stereocenters. The molecule has 1 aliphatic carbocycles. The predicted octanol–water partition coefficient (Wildman–Crippen LogP) is 6.69. The molecule has 1 unspecified atom stereocenters. The number of hydrogen-bond acceptors (Lipinski definition) is 6. The van der Waals surface area contributed by atoms with Gasteiger partial charge in [0, 0.05) is 21.9 Å². The second-order valence-electron chi connectivity index (χ2n) is 7.70. The van der Waals surface area contributed by atoms with E-state index >= 15 is 0 Å². The fraction of sp³-hybridized carbons (Fsp3) is 0.160. The first-order valence-corrected chi connectivity index (χ1v) is 13.2. The lowest BCUT2D eigenvalue weighted by Gasteiger charge is -2.17. The second kappa shape index (κ2) is 9.91. The van der Waals surface area contributed by atoms with Crippen molar-refractivity contribution in [3.63, 3.8) is 0 Å². The van der Waals surface area contributed by atoms with Crippen LogP contribution in [-0.4, -0.2) is 16.8 Å². The molecule has 0 radical (unpaired) electrons. The van der Waals surface area contributed by atoms with E-state index in [1.165, 1.54) is 23.1 Å². The number of carbonyl (C=O) groups is 2. The highest BCUT2D eigenvalue weighted by atomic mass is 32.2. The van der Waals surface area contributed by atoms with Crippen molar-refractivity contribution in [1.82, 2.24) is 4.98 Å². The fourth-order valence-corrected chi connectivity index (χ4v) is 5.87. The Morgan fingerprint density at radius 3 is 2.58 bits per heavy atom. The predicted molar refractivity (Wildman–Crippen MR) is 137 cm³/mol. The molecule has 0 saturated heterocycles. The molecule has 166 valence electrons. The van der Waals surface area contributed by atoms with Crippen molar-refractivity contribution in [2.45, 2.75) is 23.0 Å². The average Bonchev–Trinajstić information content (AvgIpc) is 3.34. The molecule has 1 fully saturated rings. The van der Waals surface area contributed by atoms with Crippen LogP contribution in [0.1, 0.15) is 23.7 Å². The zero-order chi connectivity index (χ0) is 22.6. The van der Waals surface area contributed by atoms with E-state index in [0.717, 1.165) is 39.6 Å². The molecule has 1 saturated carbocycles. The van der Waals surface area contributed by atoms with Crippen LogP contribution >= 0.6 is 34.4 Å². The summed E-state index contributed by atoms with van der Waals surface area (Å²) in [5, 5.41) is 10.1. The van der Waals surface area contributed by atoms with Crippen LogP contribution in [0.2, 0.25) is 0 Å². The van der Waals surface area contributed by atoms with Gasteiger partial charge in [0.15, 0.2) is 5.13 Å². The number of nitrogens with one attached hydrogen (secondary N) is 2. The summed E-state index contributed by atoms with van der Waals surface area (Å²) in [6.07, 6.45) is 1.92. The topological polar surface area (TPSA) is 71.1 Å². The summed E-state index contributed by atoms with van der Waals surface area (Å²) >= 11 is 4.50. The Labute approximate surface area is 204 Å². The first-order chi connectivity index (χ1) is 16.2. The summed E-state index contributed by atoms with van der Waals surface area (Å²) in [4.78, 5) is 32.1. The summed E-state index contributed by atoms with van der Waals surface area (Å²) in [7, 11) is 0. The molecule has 1 aliphatic rings. The number of nitrogens with zero attached hydrogens (tertiary/aromatic N) is 1. The van der Waals surface area contributed by atoms with Crippen molar-refractivity contribution < 1.29 is 9.59 Å². The maximum absolute atomic E-state index is 13.3. The van der Waals surface area contributed by atoms with Gasteiger partial charge in [-0.25, -0.2) is 4.98 Å². The lowest BCUT2D eigenvalue weighted by atomic mass is 10.1. The third kappa shape index (κ3) is 5.52. The number of thioether (sulfide) groups is 1. The minimum absolute atomic E-state index is 0.0693. The van der Waals surface area contributed by atoms with Crippen LogP contribution in [0.3, 0.4) is 0 Å². The first kappa shape index (κ1) is 21.9. The molecule has 8 heteroatoms. The van der Waals surface area contributed by atoms with E-state index in [9.17, 15) is 9.59 Å². The molecule has 2 heterocycles. The van der Waals surface area contributed by atoms with Gasteiger partial charge in [-0.2, -0.15) is 0 Å². The van der Waals surface area contributed by atoms with Crippen LogP contribution in [0.4, 0.5) is 10.8 Å². The molecule has 0 spiro atoms. The zero-order valence-corrected chi connectivity index (χ0v) is 20.0. The Balaban J connectivity index is 1.34. The number of aromatic nitrogens is 1. The van der Waals surface area contributed by atoms with Crippen molar-refractivity contribution in [3.05, 3.63) is 83.1 Å². The molecule has 2 aromatic heterocycles. The average molecular weight is 492 g/mol. The molecule has 0 bridgehead atoms. The molecule has 4 aromatic rings. The van der Waals surface area contributed by atoms with Gasteiger partial charge in [-0.05, 0) is 48.1 Å². The number of hydrogen-bond donors (Lipinski definition) is 2. The number of benzene rings is 2. The summed E-state index contributed by atoms with van der Waals surface area (Å²) < 4.78 is 0. The SMILES string of the molecule is O=C(Nc1cccc(SC(C(=O)Nc2nc(-c3cccs3)cs2)c2ccccc2)c1)C1CC1. The molecule has 2 amide bonds. The molecular weight excluding hydrogens is 470 g/mol. The van der Waals surface area contributed by atoms with Crippen molar-refractivity contribution in [1.29, 1.82) is 0 Å². The van der Waals surface area contributed by atoms with E-state index < -0.39 is 5.25 Å². The normalized spacial score (nSPS) is 13.9. The highest BCUT2D eigenvalue weighted by molar-refractivity contribution is 8.00. The Morgan fingerprint density at radius 1 is 0.970 bits per heavy atom. The second-order valence-corrected chi connectivity index (χ2v) is 10.7. The van der Waals surface area contributed by atoms with Gasteiger partial charge >= 0.3 is 0 Å². The molecule has 0 aliphatic heterocycles. The highest BCUT2D eigenvalue weighted by Crippen LogP contribution is 2.38. The van der Waals surface area contributed by atoms with Gasteiger partial charge in [-0.1, -0.05) is 42.5 Å². The summed E-state index contributed by atoms with van der Waals surface area (Å²) in [6.45, 7) is 0. The van der Waals surface area contributed by atoms with Gasteiger partial charge < -0.3 is 10.6 Å². The number of amides is 2. The van der Waals surface area contributed by atoms with Crippen LogP contribution in [0.25, 0.3) is 10.6 Å². The third-order valence-corrected chi connectivity index (χ3v) is 8.05. The zero-order valence-electron chi connectivity index (χ0n) is 17.6. The number of thiophene rings is 1. The van der Waals surface area contributed by atoms with Gasteiger partial charge in [0.25, 0.3) is 0 Å². The number of carbonyl (C=O) groups excluding carboxylic acids is 2. The fourth-order valence-electron chi connectivity index (χ4n) is 3.31. The van der Waals surface area contributed by atoms with E-state index in [1.807, 2.05) is 77.5 Å². The number of rotatable bonds is 8. The molecular formula is C25H21N3O2S3. The Kier molecular flexibility index (Phi) is 6.57. The van der Waals surface area contributed by atoms with Gasteiger partial charge in [-0.3, -0.25) is 9.59 Å². The van der Waals surface area contributed by atoms with Crippen LogP contribution < -0.4 is 10.6 Å². The van der Waals surface area contributed by atoms with E-state index in [2.05, 4.69) is 15.6 Å². The maximum Gasteiger partial charge on any atom is 0.244 e. The summed E-state index contributed by atoms with van der Waals surface area (Å²) in [5.41, 5.74) is 2.53. The molecule has 2 aromatic carbocycles. The first-order valence-electron chi connectivity index (χ1n) is 10.6. The van der Waals surface area contributed by atoms with Crippen molar-refractivity contribution in [2.75, 3.05) is 10.6 Å². The van der Waals surface area contributed by atoms with E-state index in [-0.39, 0.29) is 17.7 Å². The van der Waals surface area contributed by atoms with E-state index in [1.54, 1.807) is 11.3 Å². The Morgan fingerprint density at radius 2 is 1.82 bits per heavy atom. The lowest BCUT2D eigenvalue weighted by Crippen LogP contribution is -2.19. The summed E-state index contributed by atoms with van der Waals surface area (Å²) in [5.74, 6) is 0.0760. The van der Waals surface area contributed by atoms with Crippen LogP contribution in [0, 0.1) is 5.92 Å². The number of anilines is 2. The van der Waals surface area contributed by atoms with Gasteiger partial charge in [0.1, 0.15) is 5.25 Å². The Hall–Kier alpha value is -2.94. The third-order valence-electron chi connectivity index (χ3n) is 5.15. The van der Waals surface area contributed by atoms with E-state index in [0.29, 0.717) is 5.13 Å². The highest BCUT2D eigenvalue weighted by Gasteiger charge is 2.29. The van der Waals surface area contributed by atoms with Gasteiger partial charge in [0.2, 0.25) is 11.8 Å². The van der Waals surface area contributed by atoms with Gasteiger partial charge in [-0.15, -0.1) is 34.4 Å². The standard InChI is InChI=1S/C25H21N3O2S3/c29-23(17-11-12-17)26-18-8-4-9-19(14-18)33-22(16-6-2-1-3-7-16)24(30)28-25-27-20(15-32-25)21-10-5-13-31-21/h1-10,13-15,17,22H,11-12H2,(H,26,29)(H,27,28,30). The van der Waals surface area contributed by atoms with Crippen molar-refractivity contribution in [2.24, 2.45) is 5.92 Å². The quantitative estimate of drug-likeness (QED) is 0.269. The minimum Gasteiger partial charge on any atom is -0.326 e.